The van der Waals surface area contributed by atoms with E-state index in [9.17, 15) is 9.90 Å². The van der Waals surface area contributed by atoms with Gasteiger partial charge in [-0.05, 0) is 29.3 Å². The first-order valence-electron chi connectivity index (χ1n) is 6.13. The minimum atomic E-state index is -0.369. The molecule has 0 heterocycles. The second-order valence-electron chi connectivity index (χ2n) is 4.44. The van der Waals surface area contributed by atoms with Gasteiger partial charge in [0.05, 0.1) is 11.4 Å². The summed E-state index contributed by atoms with van der Waals surface area (Å²) in [5, 5.41) is 12.9. The van der Waals surface area contributed by atoms with E-state index in [1.165, 1.54) is 0 Å². The summed E-state index contributed by atoms with van der Waals surface area (Å²) < 4.78 is 0. The molecule has 4 nitrogen and oxygen atoms in total. The minimum Gasteiger partial charge on any atom is -0.506 e. The molecule has 0 aliphatic rings. The number of halogens is 1. The zero-order valence-corrected chi connectivity index (χ0v) is 11.5. The number of anilines is 1. The van der Waals surface area contributed by atoms with Crippen molar-refractivity contribution in [3.63, 3.8) is 0 Å². The first-order chi connectivity index (χ1) is 9.56. The third-order valence-corrected chi connectivity index (χ3v) is 3.18. The van der Waals surface area contributed by atoms with Gasteiger partial charge in [0.2, 0.25) is 5.91 Å². The minimum absolute atomic E-state index is 0.0598. The highest BCUT2D eigenvalue weighted by Crippen LogP contribution is 2.24. The van der Waals surface area contributed by atoms with Gasteiger partial charge in [-0.15, -0.1) is 0 Å². The summed E-state index contributed by atoms with van der Waals surface area (Å²) in [6.07, 6.45) is 0.194. The van der Waals surface area contributed by atoms with Crippen molar-refractivity contribution >= 4 is 23.2 Å². The zero-order chi connectivity index (χ0) is 14.5. The van der Waals surface area contributed by atoms with E-state index in [-0.39, 0.29) is 18.1 Å². The van der Waals surface area contributed by atoms with Crippen LogP contribution in [0.25, 0.3) is 0 Å². The molecule has 1 amide bonds. The monoisotopic (exact) mass is 290 g/mol. The molecule has 0 unspecified atom stereocenters. The largest absolute Gasteiger partial charge is 0.506 e. The van der Waals surface area contributed by atoms with Crippen molar-refractivity contribution in [2.24, 2.45) is 5.73 Å². The number of phenols is 1. The summed E-state index contributed by atoms with van der Waals surface area (Å²) in [6.45, 7) is 0.537. The predicted octanol–water partition coefficient (Wildman–Crippen LogP) is 2.69. The first-order valence-corrected chi connectivity index (χ1v) is 6.51. The number of hydrogen-bond donors (Lipinski definition) is 3. The highest BCUT2D eigenvalue weighted by atomic mass is 35.5. The first kappa shape index (κ1) is 14.2. The number of nitrogens with two attached hydrogens (primary N) is 1. The Bertz CT molecular complexity index is 629. The molecule has 4 N–H and O–H groups in total. The summed E-state index contributed by atoms with van der Waals surface area (Å²) in [5.74, 6) is -0.309. The number of primary amides is 1. The van der Waals surface area contributed by atoms with Crippen LogP contribution in [-0.4, -0.2) is 11.0 Å². The number of carbonyl (C=O) groups excluding carboxylic acids is 1. The number of para-hydroxylation sites is 1. The van der Waals surface area contributed by atoms with Crippen molar-refractivity contribution in [3.05, 3.63) is 58.6 Å². The average molecular weight is 291 g/mol. The number of rotatable bonds is 5. The molecule has 5 heteroatoms. The van der Waals surface area contributed by atoms with Gasteiger partial charge in [-0.3, -0.25) is 4.79 Å². The van der Waals surface area contributed by atoms with Gasteiger partial charge in [-0.1, -0.05) is 35.9 Å². The van der Waals surface area contributed by atoms with E-state index >= 15 is 0 Å². The molecule has 0 saturated heterocycles. The van der Waals surface area contributed by atoms with Gasteiger partial charge >= 0.3 is 0 Å². The van der Waals surface area contributed by atoms with E-state index in [2.05, 4.69) is 5.32 Å². The van der Waals surface area contributed by atoms with Gasteiger partial charge in [0.1, 0.15) is 5.75 Å². The molecule has 0 aliphatic heterocycles. The fourth-order valence-electron chi connectivity index (χ4n) is 1.89. The van der Waals surface area contributed by atoms with E-state index in [1.54, 1.807) is 18.2 Å². The fraction of sp³-hybridized carbons (Fsp3) is 0.133. The number of carbonyl (C=O) groups is 1. The van der Waals surface area contributed by atoms with Crippen LogP contribution in [0.1, 0.15) is 11.1 Å². The Morgan fingerprint density at radius 1 is 1.25 bits per heavy atom. The van der Waals surface area contributed by atoms with Crippen molar-refractivity contribution in [1.82, 2.24) is 0 Å². The van der Waals surface area contributed by atoms with Gasteiger partial charge in [-0.2, -0.15) is 0 Å². The summed E-state index contributed by atoms with van der Waals surface area (Å²) in [5.41, 5.74) is 7.87. The zero-order valence-electron chi connectivity index (χ0n) is 10.8. The van der Waals surface area contributed by atoms with Crippen molar-refractivity contribution in [1.29, 1.82) is 0 Å². The molecule has 0 atom stereocenters. The smallest absolute Gasteiger partial charge is 0.221 e. The van der Waals surface area contributed by atoms with Crippen LogP contribution in [-0.2, 0) is 17.8 Å². The normalized spacial score (nSPS) is 10.2. The van der Waals surface area contributed by atoms with E-state index in [0.717, 1.165) is 16.8 Å². The van der Waals surface area contributed by atoms with Crippen LogP contribution in [0, 0.1) is 0 Å². The molecular formula is C15H15ClN2O2. The van der Waals surface area contributed by atoms with Gasteiger partial charge in [0, 0.05) is 12.2 Å². The molecule has 0 aliphatic carbocycles. The van der Waals surface area contributed by atoms with Crippen LogP contribution in [0.5, 0.6) is 5.75 Å². The van der Waals surface area contributed by atoms with E-state index in [1.807, 2.05) is 24.3 Å². The molecule has 0 spiro atoms. The Labute approximate surface area is 122 Å². The van der Waals surface area contributed by atoms with Crippen LogP contribution in [0.4, 0.5) is 5.69 Å². The van der Waals surface area contributed by atoms with Crippen molar-refractivity contribution in [2.45, 2.75) is 13.0 Å². The third-order valence-electron chi connectivity index (χ3n) is 2.88. The lowest BCUT2D eigenvalue weighted by molar-refractivity contribution is -0.117. The van der Waals surface area contributed by atoms with Crippen molar-refractivity contribution in [3.8, 4) is 5.75 Å². The molecule has 0 fully saturated rings. The quantitative estimate of drug-likeness (QED) is 0.792. The van der Waals surface area contributed by atoms with Gasteiger partial charge in [-0.25, -0.2) is 0 Å². The lowest BCUT2D eigenvalue weighted by Gasteiger charge is -2.11. The lowest BCUT2D eigenvalue weighted by atomic mass is 10.1. The molecule has 104 valence electrons. The maximum Gasteiger partial charge on any atom is 0.221 e. The Hall–Kier alpha value is -2.20. The van der Waals surface area contributed by atoms with Crippen LogP contribution in [0.2, 0.25) is 5.02 Å². The Morgan fingerprint density at radius 2 is 2.00 bits per heavy atom. The van der Waals surface area contributed by atoms with Gasteiger partial charge < -0.3 is 16.2 Å². The molecule has 0 radical (unpaired) electrons. The molecule has 0 bridgehead atoms. The van der Waals surface area contributed by atoms with E-state index in [0.29, 0.717) is 11.6 Å². The predicted molar refractivity (Wildman–Crippen MR) is 79.8 cm³/mol. The number of amides is 1. The van der Waals surface area contributed by atoms with Crippen molar-refractivity contribution < 1.29 is 9.90 Å². The van der Waals surface area contributed by atoms with Crippen LogP contribution < -0.4 is 11.1 Å². The van der Waals surface area contributed by atoms with E-state index in [4.69, 9.17) is 17.3 Å². The number of aromatic hydroxyl groups is 1. The van der Waals surface area contributed by atoms with Gasteiger partial charge in [0.25, 0.3) is 0 Å². The summed E-state index contributed by atoms with van der Waals surface area (Å²) in [6, 6.07) is 12.5. The third kappa shape index (κ3) is 3.65. The van der Waals surface area contributed by atoms with Crippen LogP contribution in [0.15, 0.2) is 42.5 Å². The Kier molecular flexibility index (Phi) is 4.48. The standard InChI is InChI=1S/C15H15ClN2O2/c16-12-7-10(5-6-14(12)19)9-18-13-4-2-1-3-11(13)8-15(17)20/h1-7,18-19H,8-9H2,(H2,17,20). The fourth-order valence-corrected chi connectivity index (χ4v) is 2.10. The topological polar surface area (TPSA) is 75.4 Å². The molecule has 2 rings (SSSR count). The highest BCUT2D eigenvalue weighted by Gasteiger charge is 2.05. The molecule has 0 saturated carbocycles. The Morgan fingerprint density at radius 3 is 2.70 bits per heavy atom. The van der Waals surface area contributed by atoms with Crippen LogP contribution in [0.3, 0.4) is 0 Å². The number of hydrogen-bond acceptors (Lipinski definition) is 3. The second kappa shape index (κ2) is 6.30. The maximum absolute atomic E-state index is 11.0. The number of benzene rings is 2. The van der Waals surface area contributed by atoms with Crippen LogP contribution >= 0.6 is 11.6 Å². The summed E-state index contributed by atoms with van der Waals surface area (Å²) in [7, 11) is 0. The molecule has 2 aromatic rings. The summed E-state index contributed by atoms with van der Waals surface area (Å²) in [4.78, 5) is 11.0. The number of phenolic OH excluding ortho intramolecular Hbond substituents is 1. The second-order valence-corrected chi connectivity index (χ2v) is 4.85. The maximum atomic E-state index is 11.0. The number of nitrogens with one attached hydrogen (secondary N) is 1. The summed E-state index contributed by atoms with van der Waals surface area (Å²) >= 11 is 5.86. The van der Waals surface area contributed by atoms with Crippen molar-refractivity contribution in [2.75, 3.05) is 5.32 Å². The molecule has 2 aromatic carbocycles. The highest BCUT2D eigenvalue weighted by molar-refractivity contribution is 6.32. The molecular weight excluding hydrogens is 276 g/mol. The lowest BCUT2D eigenvalue weighted by Crippen LogP contribution is -2.15. The SMILES string of the molecule is NC(=O)Cc1ccccc1NCc1ccc(O)c(Cl)c1. The Balaban J connectivity index is 2.10. The van der Waals surface area contributed by atoms with Gasteiger partial charge in [0.15, 0.2) is 0 Å². The molecule has 0 aromatic heterocycles. The average Bonchev–Trinajstić information content (AvgIpc) is 2.41. The molecule has 20 heavy (non-hydrogen) atoms. The van der Waals surface area contributed by atoms with E-state index < -0.39 is 0 Å².